The molecule has 0 aromatic heterocycles. The molecule has 0 heterocycles. The minimum Gasteiger partial charge on any atom is -0.462 e. The molecule has 0 radical (unpaired) electrons. The maximum Gasteiger partial charge on any atom is 0.472 e. The normalized spacial score (nSPS) is 13.8. The third kappa shape index (κ3) is 48.2. The lowest BCUT2D eigenvalue weighted by Crippen LogP contribution is -2.29. The number of unbranched alkanes of at least 4 members (excludes halogenated alkanes) is 32. The average Bonchev–Trinajstić information content (AvgIpc) is 3.27. The molecule has 3 N–H and O–H groups in total. The van der Waals surface area contributed by atoms with Crippen molar-refractivity contribution in [3.8, 4) is 0 Å². The van der Waals surface area contributed by atoms with Gasteiger partial charge in [0.2, 0.25) is 0 Å². The summed E-state index contributed by atoms with van der Waals surface area (Å²) in [6.45, 7) is 2.42. The van der Waals surface area contributed by atoms with E-state index in [1.807, 2.05) is 0 Å². The lowest BCUT2D eigenvalue weighted by atomic mass is 10.0. The summed E-state index contributed by atoms with van der Waals surface area (Å²) < 4.78 is 32.9. The zero-order valence-corrected chi connectivity index (χ0v) is 41.7. The van der Waals surface area contributed by atoms with Gasteiger partial charge in [-0.2, -0.15) is 0 Å². The molecule has 63 heavy (non-hydrogen) atoms. The second-order valence-corrected chi connectivity index (χ2v) is 19.3. The van der Waals surface area contributed by atoms with Crippen molar-refractivity contribution in [3.05, 3.63) is 24.3 Å². The van der Waals surface area contributed by atoms with E-state index < -0.39 is 51.8 Å². The predicted octanol–water partition coefficient (Wildman–Crippen LogP) is 14.9. The number of aliphatic hydroxyl groups excluding tert-OH is 2. The van der Waals surface area contributed by atoms with Gasteiger partial charge >= 0.3 is 19.8 Å². The van der Waals surface area contributed by atoms with Crippen LogP contribution < -0.4 is 0 Å². The van der Waals surface area contributed by atoms with Gasteiger partial charge in [-0.25, -0.2) is 4.57 Å². The maximum absolute atomic E-state index is 12.7. The number of esters is 2. The Kier molecular flexibility index (Phi) is 47.2. The van der Waals surface area contributed by atoms with Crippen molar-refractivity contribution in [2.45, 2.75) is 270 Å². The second kappa shape index (κ2) is 48.4. The summed E-state index contributed by atoms with van der Waals surface area (Å²) in [7, 11) is -4.62. The number of hydrogen-bond donors (Lipinski definition) is 3. The molecular weight excluding hydrogens is 816 g/mol. The number of phosphoric acid groups is 1. The SMILES string of the molecule is CCCCCCCC/C=C/CCCCCCCCCCCCCC(=O)OC[C@H](COP(=O)(O)OC[C@@H](O)CO)OC(=O)CCCCCCCCCCC/C=C/CCCCCCCC. The molecule has 0 aliphatic heterocycles. The molecule has 0 rings (SSSR count). The van der Waals surface area contributed by atoms with E-state index in [1.54, 1.807) is 0 Å². The van der Waals surface area contributed by atoms with Crippen LogP contribution >= 0.6 is 7.82 Å². The van der Waals surface area contributed by atoms with Crippen molar-refractivity contribution >= 4 is 19.8 Å². The zero-order chi connectivity index (χ0) is 46.2. The van der Waals surface area contributed by atoms with Crippen LogP contribution in [0.1, 0.15) is 258 Å². The van der Waals surface area contributed by atoms with Gasteiger partial charge in [-0.1, -0.05) is 205 Å². The van der Waals surface area contributed by atoms with Gasteiger partial charge in [0.25, 0.3) is 0 Å². The minimum atomic E-state index is -4.62. The Balaban J connectivity index is 4.14. The van der Waals surface area contributed by atoms with Crippen molar-refractivity contribution in [1.29, 1.82) is 0 Å². The van der Waals surface area contributed by atoms with E-state index in [9.17, 15) is 24.2 Å². The van der Waals surface area contributed by atoms with Gasteiger partial charge in [0.15, 0.2) is 6.10 Å². The molecule has 0 aromatic carbocycles. The monoisotopic (exact) mass is 915 g/mol. The molecule has 372 valence electrons. The van der Waals surface area contributed by atoms with Gasteiger partial charge in [0, 0.05) is 12.8 Å². The molecule has 3 atom stereocenters. The molecular formula is C52H99O10P. The van der Waals surface area contributed by atoms with Crippen LogP contribution in [0, 0.1) is 0 Å². The fraction of sp³-hybridized carbons (Fsp3) is 0.885. The van der Waals surface area contributed by atoms with E-state index >= 15 is 0 Å². The Hall–Kier alpha value is -1.55. The first-order chi connectivity index (χ1) is 30.7. The van der Waals surface area contributed by atoms with Crippen LogP contribution in [-0.4, -0.2) is 65.7 Å². The number of phosphoric ester groups is 1. The Morgan fingerprint density at radius 1 is 0.460 bits per heavy atom. The second-order valence-electron chi connectivity index (χ2n) is 17.9. The number of rotatable bonds is 50. The molecule has 0 saturated heterocycles. The smallest absolute Gasteiger partial charge is 0.462 e. The van der Waals surface area contributed by atoms with E-state index in [0.717, 1.165) is 38.5 Å². The summed E-state index contributed by atoms with van der Waals surface area (Å²) >= 11 is 0. The van der Waals surface area contributed by atoms with E-state index in [0.29, 0.717) is 12.8 Å². The van der Waals surface area contributed by atoms with Gasteiger partial charge in [0.1, 0.15) is 12.7 Å². The highest BCUT2D eigenvalue weighted by Crippen LogP contribution is 2.43. The predicted molar refractivity (Wildman–Crippen MR) is 261 cm³/mol. The first-order valence-corrected chi connectivity index (χ1v) is 27.8. The number of hydrogen-bond acceptors (Lipinski definition) is 9. The van der Waals surface area contributed by atoms with E-state index in [4.69, 9.17) is 23.6 Å². The highest BCUT2D eigenvalue weighted by Gasteiger charge is 2.27. The summed E-state index contributed by atoms with van der Waals surface area (Å²) in [6, 6.07) is 0. The van der Waals surface area contributed by atoms with E-state index in [2.05, 4.69) is 38.2 Å². The number of carbonyl (C=O) groups is 2. The van der Waals surface area contributed by atoms with E-state index in [-0.39, 0.29) is 19.4 Å². The first-order valence-electron chi connectivity index (χ1n) is 26.3. The first kappa shape index (κ1) is 61.5. The molecule has 0 aromatic rings. The minimum absolute atomic E-state index is 0.185. The van der Waals surface area contributed by atoms with Crippen LogP contribution in [0.3, 0.4) is 0 Å². The topological polar surface area (TPSA) is 149 Å². The molecule has 0 aliphatic carbocycles. The van der Waals surface area contributed by atoms with Crippen molar-refractivity contribution in [1.82, 2.24) is 0 Å². The molecule has 0 saturated carbocycles. The summed E-state index contributed by atoms with van der Waals surface area (Å²) in [4.78, 5) is 35.2. The van der Waals surface area contributed by atoms with Crippen LogP contribution in [0.5, 0.6) is 0 Å². The van der Waals surface area contributed by atoms with Crippen LogP contribution in [0.4, 0.5) is 0 Å². The van der Waals surface area contributed by atoms with Crippen molar-refractivity contribution in [3.63, 3.8) is 0 Å². The number of carbonyl (C=O) groups excluding carboxylic acids is 2. The lowest BCUT2D eigenvalue weighted by molar-refractivity contribution is -0.161. The fourth-order valence-corrected chi connectivity index (χ4v) is 8.30. The van der Waals surface area contributed by atoms with Crippen molar-refractivity contribution in [2.24, 2.45) is 0 Å². The molecule has 1 unspecified atom stereocenters. The average molecular weight is 915 g/mol. The van der Waals surface area contributed by atoms with Gasteiger partial charge < -0.3 is 24.6 Å². The molecule has 0 aliphatic rings. The molecule has 0 spiro atoms. The van der Waals surface area contributed by atoms with Crippen LogP contribution in [-0.2, 0) is 32.7 Å². The molecule has 11 heteroatoms. The molecule has 10 nitrogen and oxygen atoms in total. The third-order valence-electron chi connectivity index (χ3n) is 11.6. The Morgan fingerprint density at radius 3 is 1.14 bits per heavy atom. The highest BCUT2D eigenvalue weighted by molar-refractivity contribution is 7.47. The van der Waals surface area contributed by atoms with Crippen molar-refractivity contribution < 1.29 is 47.8 Å². The highest BCUT2D eigenvalue weighted by atomic mass is 31.2. The molecule has 0 bridgehead atoms. The lowest BCUT2D eigenvalue weighted by Gasteiger charge is -2.20. The van der Waals surface area contributed by atoms with E-state index in [1.165, 1.54) is 180 Å². The standard InChI is InChI=1S/C52H99O10P/c1-3-5-7-9-11-13-15-17-19-21-23-24-26-27-29-31-33-35-37-39-41-43-51(55)59-47-50(48-61-63(57,58)60-46-49(54)45-53)62-52(56)44-42-40-38-36-34-32-30-28-25-22-20-18-16-14-12-10-8-6-4-2/h17-20,49-50,53-54H,3-16,21-48H2,1-2H3,(H,57,58)/b19-17+,20-18+/t49-,50+/m0/s1. The van der Waals surface area contributed by atoms with Crippen LogP contribution in [0.2, 0.25) is 0 Å². The van der Waals surface area contributed by atoms with Gasteiger partial charge in [0.05, 0.1) is 19.8 Å². The number of ether oxygens (including phenoxy) is 2. The van der Waals surface area contributed by atoms with Gasteiger partial charge in [-0.3, -0.25) is 18.6 Å². The van der Waals surface area contributed by atoms with Crippen molar-refractivity contribution in [2.75, 3.05) is 26.4 Å². The Morgan fingerprint density at radius 2 is 0.778 bits per heavy atom. The van der Waals surface area contributed by atoms with Gasteiger partial charge in [-0.05, 0) is 64.2 Å². The zero-order valence-electron chi connectivity index (χ0n) is 40.8. The van der Waals surface area contributed by atoms with Crippen LogP contribution in [0.15, 0.2) is 24.3 Å². The number of allylic oxidation sites excluding steroid dienone is 4. The summed E-state index contributed by atoms with van der Waals surface area (Å²) in [5, 5.41) is 18.4. The Labute approximate surface area is 387 Å². The summed E-state index contributed by atoms with van der Waals surface area (Å²) in [6.07, 6.45) is 51.4. The number of aliphatic hydroxyl groups is 2. The Bertz CT molecular complexity index is 1100. The molecule has 0 amide bonds. The van der Waals surface area contributed by atoms with Gasteiger partial charge in [-0.15, -0.1) is 0 Å². The maximum atomic E-state index is 12.7. The third-order valence-corrected chi connectivity index (χ3v) is 12.5. The summed E-state index contributed by atoms with van der Waals surface area (Å²) in [5.41, 5.74) is 0. The molecule has 0 fully saturated rings. The fourth-order valence-electron chi connectivity index (χ4n) is 7.51. The van der Waals surface area contributed by atoms with Crippen LogP contribution in [0.25, 0.3) is 0 Å². The quantitative estimate of drug-likeness (QED) is 0.0233. The summed E-state index contributed by atoms with van der Waals surface area (Å²) in [5.74, 6) is -0.915. The largest absolute Gasteiger partial charge is 0.472 e.